The van der Waals surface area contributed by atoms with Crippen molar-refractivity contribution in [3.8, 4) is 5.75 Å². The molecule has 314 valence electrons. The van der Waals surface area contributed by atoms with Gasteiger partial charge in [0.25, 0.3) is 0 Å². The standard InChI is InChI=1S/C44H76N4O7/c1-11-13-15-17-19-23-27-53-47-41(3,4)29-34(30-42(47,5)6)45-39(50)40(51)46-36-25-21-22-26-37(36)52-33-38(49)55-35-31-43(7,8)48(44(9,10)32-35)54-28-24-20-18-16-14-12-2/h21-22,25-26,34-35H,11-20,23-24,27-33H2,1-10H3,(H,45,50)(H,46,51). The summed E-state index contributed by atoms with van der Waals surface area (Å²) in [7, 11) is 0. The molecule has 2 N–H and O–H groups in total. The highest BCUT2D eigenvalue weighted by atomic mass is 16.7. The molecule has 0 spiro atoms. The van der Waals surface area contributed by atoms with Crippen molar-refractivity contribution in [2.75, 3.05) is 25.1 Å². The van der Waals surface area contributed by atoms with E-state index in [-0.39, 0.29) is 46.7 Å². The van der Waals surface area contributed by atoms with Gasteiger partial charge in [0.05, 0.1) is 18.9 Å². The van der Waals surface area contributed by atoms with Gasteiger partial charge >= 0.3 is 17.8 Å². The molecule has 2 fully saturated rings. The first-order chi connectivity index (χ1) is 25.9. The van der Waals surface area contributed by atoms with E-state index >= 15 is 0 Å². The number of unbranched alkanes of at least 4 members (excludes halogenated alkanes) is 10. The van der Waals surface area contributed by atoms with Gasteiger partial charge in [0.2, 0.25) is 0 Å². The molecule has 55 heavy (non-hydrogen) atoms. The zero-order valence-electron chi connectivity index (χ0n) is 36.2. The maximum atomic E-state index is 13.2. The van der Waals surface area contributed by atoms with Crippen LogP contribution in [0.1, 0.15) is 172 Å². The molecule has 11 heteroatoms. The monoisotopic (exact) mass is 773 g/mol. The van der Waals surface area contributed by atoms with Crippen LogP contribution < -0.4 is 15.4 Å². The molecule has 11 nitrogen and oxygen atoms in total. The molecule has 0 aliphatic carbocycles. The van der Waals surface area contributed by atoms with Crippen LogP contribution in [0.2, 0.25) is 0 Å². The summed E-state index contributed by atoms with van der Waals surface area (Å²) in [5.41, 5.74) is -1.08. The third-order valence-electron chi connectivity index (χ3n) is 10.9. The number of hydrogen-bond donors (Lipinski definition) is 2. The predicted molar refractivity (Wildman–Crippen MR) is 219 cm³/mol. The van der Waals surface area contributed by atoms with Crippen molar-refractivity contribution in [2.45, 2.75) is 206 Å². The van der Waals surface area contributed by atoms with E-state index in [9.17, 15) is 14.4 Å². The average molecular weight is 773 g/mol. The van der Waals surface area contributed by atoms with Gasteiger partial charge in [-0.3, -0.25) is 19.3 Å². The minimum absolute atomic E-state index is 0.216. The van der Waals surface area contributed by atoms with E-state index in [0.29, 0.717) is 44.6 Å². The Kier molecular flexibility index (Phi) is 18.4. The number of esters is 1. The smallest absolute Gasteiger partial charge is 0.344 e. The van der Waals surface area contributed by atoms with Gasteiger partial charge in [-0.2, -0.15) is 10.1 Å². The van der Waals surface area contributed by atoms with E-state index in [1.807, 2.05) is 0 Å². The van der Waals surface area contributed by atoms with E-state index in [0.717, 1.165) is 19.3 Å². The van der Waals surface area contributed by atoms with Crippen LogP contribution in [-0.2, 0) is 28.8 Å². The zero-order valence-corrected chi connectivity index (χ0v) is 36.2. The molecule has 0 bridgehead atoms. The number of carbonyl (C=O) groups excluding carboxylic acids is 3. The quantitative estimate of drug-likeness (QED) is 0.0676. The summed E-state index contributed by atoms with van der Waals surface area (Å²) in [5, 5.41) is 9.83. The fourth-order valence-electron chi connectivity index (χ4n) is 8.88. The van der Waals surface area contributed by atoms with Gasteiger partial charge in [-0.25, -0.2) is 4.79 Å². The first-order valence-corrected chi connectivity index (χ1v) is 21.3. The Morgan fingerprint density at radius 1 is 0.636 bits per heavy atom. The van der Waals surface area contributed by atoms with E-state index in [1.54, 1.807) is 24.3 Å². The van der Waals surface area contributed by atoms with Crippen molar-refractivity contribution in [1.82, 2.24) is 15.4 Å². The minimum Gasteiger partial charge on any atom is -0.480 e. The molecule has 3 rings (SSSR count). The summed E-state index contributed by atoms with van der Waals surface area (Å²) < 4.78 is 11.8. The van der Waals surface area contributed by atoms with E-state index < -0.39 is 17.8 Å². The second-order valence-corrected chi connectivity index (χ2v) is 18.4. The summed E-state index contributed by atoms with van der Waals surface area (Å²) in [5.74, 6) is -1.74. The van der Waals surface area contributed by atoms with Gasteiger partial charge in [0.1, 0.15) is 11.9 Å². The second-order valence-electron chi connectivity index (χ2n) is 18.4. The third kappa shape index (κ3) is 14.9. The van der Waals surface area contributed by atoms with E-state index in [4.69, 9.17) is 19.1 Å². The van der Waals surface area contributed by atoms with Crippen LogP contribution in [0.3, 0.4) is 0 Å². The van der Waals surface area contributed by atoms with Gasteiger partial charge < -0.3 is 20.1 Å². The highest BCUT2D eigenvalue weighted by Crippen LogP contribution is 2.41. The number of carbonyl (C=O) groups is 3. The molecule has 2 heterocycles. The van der Waals surface area contributed by atoms with Crippen molar-refractivity contribution in [3.05, 3.63) is 24.3 Å². The molecule has 2 amide bonds. The van der Waals surface area contributed by atoms with E-state index in [1.165, 1.54) is 57.8 Å². The molecule has 0 aromatic heterocycles. The lowest BCUT2D eigenvalue weighted by Crippen LogP contribution is -2.64. The van der Waals surface area contributed by atoms with Gasteiger partial charge in [-0.1, -0.05) is 90.2 Å². The summed E-state index contributed by atoms with van der Waals surface area (Å²) in [6.45, 7) is 22.4. The van der Waals surface area contributed by atoms with Gasteiger partial charge in [0, 0.05) is 41.0 Å². The molecular formula is C44H76N4O7. The second kappa shape index (κ2) is 21.7. The Hall–Kier alpha value is -2.73. The molecule has 2 saturated heterocycles. The molecule has 0 unspecified atom stereocenters. The summed E-state index contributed by atoms with van der Waals surface area (Å²) in [4.78, 5) is 52.1. The highest BCUT2D eigenvalue weighted by molar-refractivity contribution is 6.39. The van der Waals surface area contributed by atoms with Crippen LogP contribution in [0.15, 0.2) is 24.3 Å². The predicted octanol–water partition coefficient (Wildman–Crippen LogP) is 9.29. The summed E-state index contributed by atoms with van der Waals surface area (Å²) in [6.07, 6.45) is 16.6. The number of hydrogen-bond acceptors (Lipinski definition) is 9. The van der Waals surface area contributed by atoms with Gasteiger partial charge in [0.15, 0.2) is 6.61 Å². The lowest BCUT2D eigenvalue weighted by molar-refractivity contribution is -0.293. The molecule has 2 aliphatic heterocycles. The Morgan fingerprint density at radius 2 is 1.09 bits per heavy atom. The Labute approximate surface area is 333 Å². The maximum absolute atomic E-state index is 13.2. The first-order valence-electron chi connectivity index (χ1n) is 21.3. The topological polar surface area (TPSA) is 119 Å². The fraction of sp³-hybridized carbons (Fsp3) is 0.795. The number of benzene rings is 1. The number of nitrogens with zero attached hydrogens (tertiary/aromatic N) is 2. The lowest BCUT2D eigenvalue weighted by atomic mass is 9.79. The Balaban J connectivity index is 1.48. The normalized spacial score (nSPS) is 19.8. The van der Waals surface area contributed by atoms with Crippen molar-refractivity contribution in [3.63, 3.8) is 0 Å². The van der Waals surface area contributed by atoms with Crippen LogP contribution in [0.25, 0.3) is 0 Å². The summed E-state index contributed by atoms with van der Waals surface area (Å²) in [6, 6.07) is 6.56. The number of nitrogens with one attached hydrogen (secondary N) is 2. The first kappa shape index (κ1) is 46.7. The van der Waals surface area contributed by atoms with Gasteiger partial charge in [-0.05, 0) is 93.2 Å². The minimum atomic E-state index is -0.800. The molecule has 0 atom stereocenters. The number of rotatable bonds is 22. The number of amides is 2. The number of piperidine rings is 2. The largest absolute Gasteiger partial charge is 0.480 e. The molecule has 1 aromatic carbocycles. The molecule has 2 aliphatic rings. The van der Waals surface area contributed by atoms with Crippen LogP contribution in [0.5, 0.6) is 5.75 Å². The fourth-order valence-corrected chi connectivity index (χ4v) is 8.88. The lowest BCUT2D eigenvalue weighted by Gasteiger charge is -2.53. The average Bonchev–Trinajstić information content (AvgIpc) is 3.08. The van der Waals surface area contributed by atoms with Crippen LogP contribution >= 0.6 is 0 Å². The molecule has 1 aromatic rings. The van der Waals surface area contributed by atoms with Crippen molar-refractivity contribution in [2.24, 2.45) is 0 Å². The van der Waals surface area contributed by atoms with Crippen LogP contribution in [0, 0.1) is 0 Å². The Bertz CT molecular complexity index is 1310. The number of ether oxygens (including phenoxy) is 2. The Morgan fingerprint density at radius 3 is 1.60 bits per heavy atom. The number of anilines is 1. The van der Waals surface area contributed by atoms with Crippen molar-refractivity contribution < 1.29 is 33.5 Å². The van der Waals surface area contributed by atoms with Crippen LogP contribution in [-0.4, -0.2) is 82.0 Å². The van der Waals surface area contributed by atoms with Crippen LogP contribution in [0.4, 0.5) is 5.69 Å². The molecular weight excluding hydrogens is 697 g/mol. The van der Waals surface area contributed by atoms with Crippen molar-refractivity contribution in [1.29, 1.82) is 0 Å². The zero-order chi connectivity index (χ0) is 40.7. The molecule has 0 radical (unpaired) electrons. The van der Waals surface area contributed by atoms with Crippen molar-refractivity contribution >= 4 is 23.5 Å². The van der Waals surface area contributed by atoms with E-state index in [2.05, 4.69) is 90.0 Å². The van der Waals surface area contributed by atoms with Gasteiger partial charge in [-0.15, -0.1) is 0 Å². The summed E-state index contributed by atoms with van der Waals surface area (Å²) >= 11 is 0. The maximum Gasteiger partial charge on any atom is 0.344 e. The SMILES string of the molecule is CCCCCCCCON1C(C)(C)CC(NC(=O)C(=O)Nc2ccccc2OCC(=O)OC2CC(C)(C)N(OCCCCCCCC)C(C)(C)C2)CC1(C)C. The number of hydroxylamine groups is 4. The number of para-hydroxylation sites is 2. The molecule has 0 saturated carbocycles. The third-order valence-corrected chi connectivity index (χ3v) is 10.9. The highest BCUT2D eigenvalue weighted by Gasteiger charge is 2.49.